The fourth-order valence-corrected chi connectivity index (χ4v) is 4.84. The van der Waals surface area contributed by atoms with Crippen molar-refractivity contribution in [1.82, 2.24) is 9.78 Å². The number of hydrogen-bond donors (Lipinski definition) is 1. The topological polar surface area (TPSA) is 46.9 Å². The fourth-order valence-electron chi connectivity index (χ4n) is 3.68. The summed E-state index contributed by atoms with van der Waals surface area (Å²) in [6.07, 6.45) is 6.43. The molecule has 4 nitrogen and oxygen atoms in total. The maximum atomic E-state index is 12.9. The Balaban J connectivity index is 1.43. The van der Waals surface area contributed by atoms with E-state index >= 15 is 0 Å². The number of fused-ring (bicyclic) bond motifs is 3. The number of benzene rings is 1. The van der Waals surface area contributed by atoms with Crippen molar-refractivity contribution >= 4 is 23.1 Å². The van der Waals surface area contributed by atoms with E-state index in [1.54, 1.807) is 11.3 Å². The number of carbonyl (C=O) groups excluding carboxylic acids is 1. The Hall–Kier alpha value is -2.40. The van der Waals surface area contributed by atoms with E-state index in [9.17, 15) is 4.79 Å². The zero-order chi connectivity index (χ0) is 17.7. The van der Waals surface area contributed by atoms with Gasteiger partial charge >= 0.3 is 0 Å². The Morgan fingerprint density at radius 3 is 2.92 bits per heavy atom. The summed E-state index contributed by atoms with van der Waals surface area (Å²) < 4.78 is 1.95. The minimum absolute atomic E-state index is 0.0254. The van der Waals surface area contributed by atoms with E-state index in [1.807, 2.05) is 17.8 Å². The van der Waals surface area contributed by atoms with Crippen molar-refractivity contribution in [1.29, 1.82) is 0 Å². The zero-order valence-corrected chi connectivity index (χ0v) is 15.6. The Bertz CT molecular complexity index is 997. The number of carbonyl (C=O) groups is 1. The van der Waals surface area contributed by atoms with Gasteiger partial charge in [-0.25, -0.2) is 4.68 Å². The van der Waals surface area contributed by atoms with Crippen LogP contribution in [0.15, 0.2) is 36.5 Å². The first-order valence-corrected chi connectivity index (χ1v) is 10.1. The maximum Gasteiger partial charge on any atom is 0.266 e. The number of thiophene rings is 1. The lowest BCUT2D eigenvalue weighted by Gasteiger charge is -2.15. The van der Waals surface area contributed by atoms with Crippen molar-refractivity contribution < 1.29 is 4.79 Å². The first-order valence-electron chi connectivity index (χ1n) is 9.24. The molecule has 2 aliphatic carbocycles. The molecule has 2 aliphatic rings. The normalized spacial score (nSPS) is 15.4. The van der Waals surface area contributed by atoms with Gasteiger partial charge in [0.25, 0.3) is 5.91 Å². The summed E-state index contributed by atoms with van der Waals surface area (Å²) in [5, 5.41) is 7.56. The highest BCUT2D eigenvalue weighted by Gasteiger charge is 2.25. The fraction of sp³-hybridized carbons (Fsp3) is 0.333. The summed E-state index contributed by atoms with van der Waals surface area (Å²) in [5.41, 5.74) is 4.98. The second-order valence-electron chi connectivity index (χ2n) is 7.38. The van der Waals surface area contributed by atoms with Crippen LogP contribution in [0, 0.1) is 12.8 Å². The van der Waals surface area contributed by atoms with Gasteiger partial charge in [-0.15, -0.1) is 11.3 Å². The lowest BCUT2D eigenvalue weighted by molar-refractivity contribution is 0.102. The molecule has 1 N–H and O–H groups in total. The highest BCUT2D eigenvalue weighted by atomic mass is 32.1. The molecule has 132 valence electrons. The van der Waals surface area contributed by atoms with E-state index in [2.05, 4.69) is 40.7 Å². The van der Waals surface area contributed by atoms with Crippen LogP contribution in [0.25, 0.3) is 10.4 Å². The van der Waals surface area contributed by atoms with Crippen LogP contribution in [0.3, 0.4) is 0 Å². The predicted octanol–water partition coefficient (Wildman–Crippen LogP) is 4.68. The van der Waals surface area contributed by atoms with Crippen molar-refractivity contribution in [3.8, 4) is 10.4 Å². The molecule has 1 fully saturated rings. The van der Waals surface area contributed by atoms with Gasteiger partial charge in [-0.1, -0.05) is 24.3 Å². The molecule has 0 bridgehead atoms. The van der Waals surface area contributed by atoms with Crippen molar-refractivity contribution in [3.63, 3.8) is 0 Å². The maximum absolute atomic E-state index is 12.9. The minimum atomic E-state index is -0.0254. The zero-order valence-electron chi connectivity index (χ0n) is 14.8. The van der Waals surface area contributed by atoms with Crippen LogP contribution in [0.2, 0.25) is 0 Å². The van der Waals surface area contributed by atoms with Crippen molar-refractivity contribution in [2.24, 2.45) is 5.92 Å². The van der Waals surface area contributed by atoms with Crippen LogP contribution in [-0.4, -0.2) is 15.7 Å². The van der Waals surface area contributed by atoms with Gasteiger partial charge in [0.15, 0.2) is 0 Å². The van der Waals surface area contributed by atoms with Crippen LogP contribution >= 0.6 is 11.3 Å². The standard InChI is InChI=1S/C21H21N3OS/c1-13-11-22-24(12-14-6-7-14)20(13)23-21(25)18-10-16-9-8-15-4-2-3-5-17(15)19(16)26-18/h2-5,10-11,14H,6-9,12H2,1H3,(H,23,25). The second kappa shape index (κ2) is 6.09. The summed E-state index contributed by atoms with van der Waals surface area (Å²) in [6, 6.07) is 10.6. The summed E-state index contributed by atoms with van der Waals surface area (Å²) in [7, 11) is 0. The van der Waals surface area contributed by atoms with Crippen LogP contribution in [0.5, 0.6) is 0 Å². The molecule has 1 saturated carbocycles. The lowest BCUT2D eigenvalue weighted by atomic mass is 9.91. The Labute approximate surface area is 156 Å². The molecule has 0 unspecified atom stereocenters. The van der Waals surface area contributed by atoms with Crippen LogP contribution in [-0.2, 0) is 19.4 Å². The molecule has 1 amide bonds. The third kappa shape index (κ3) is 2.76. The van der Waals surface area contributed by atoms with Crippen LogP contribution in [0.1, 0.15) is 39.2 Å². The SMILES string of the molecule is Cc1cnn(CC2CC2)c1NC(=O)c1cc2c(s1)-c1ccccc1CC2. The van der Waals surface area contributed by atoms with Gasteiger partial charge in [0, 0.05) is 17.0 Å². The van der Waals surface area contributed by atoms with Crippen molar-refractivity contribution in [2.75, 3.05) is 5.32 Å². The highest BCUT2D eigenvalue weighted by molar-refractivity contribution is 7.17. The number of aromatic nitrogens is 2. The monoisotopic (exact) mass is 363 g/mol. The number of aryl methyl sites for hydroxylation is 3. The molecule has 5 heteroatoms. The average Bonchev–Trinajstić information content (AvgIpc) is 3.26. The summed E-state index contributed by atoms with van der Waals surface area (Å²) >= 11 is 1.60. The molecule has 0 radical (unpaired) electrons. The molecule has 3 aromatic rings. The molecule has 0 saturated heterocycles. The molecule has 5 rings (SSSR count). The molecule has 26 heavy (non-hydrogen) atoms. The van der Waals surface area contributed by atoms with Gasteiger partial charge in [-0.2, -0.15) is 5.10 Å². The van der Waals surface area contributed by atoms with E-state index in [0.717, 1.165) is 41.6 Å². The van der Waals surface area contributed by atoms with E-state index < -0.39 is 0 Å². The van der Waals surface area contributed by atoms with Crippen LogP contribution < -0.4 is 5.32 Å². The van der Waals surface area contributed by atoms with Gasteiger partial charge < -0.3 is 5.32 Å². The summed E-state index contributed by atoms with van der Waals surface area (Å²) in [4.78, 5) is 14.9. The number of amides is 1. The molecule has 2 aromatic heterocycles. The lowest BCUT2D eigenvalue weighted by Crippen LogP contribution is -2.16. The average molecular weight is 363 g/mol. The van der Waals surface area contributed by atoms with E-state index in [1.165, 1.54) is 34.4 Å². The number of nitrogens with one attached hydrogen (secondary N) is 1. The molecule has 0 atom stereocenters. The third-order valence-electron chi connectivity index (χ3n) is 5.34. The smallest absolute Gasteiger partial charge is 0.266 e. The highest BCUT2D eigenvalue weighted by Crippen LogP contribution is 2.39. The molecular formula is C21H21N3OS. The molecule has 2 heterocycles. The first-order chi connectivity index (χ1) is 12.7. The second-order valence-corrected chi connectivity index (χ2v) is 8.43. The van der Waals surface area contributed by atoms with Gasteiger partial charge in [-0.05, 0) is 61.3 Å². The summed E-state index contributed by atoms with van der Waals surface area (Å²) in [5.74, 6) is 1.53. The number of nitrogens with zero attached hydrogens (tertiary/aromatic N) is 2. The minimum Gasteiger partial charge on any atom is -0.306 e. The molecule has 1 aromatic carbocycles. The number of rotatable bonds is 4. The number of hydrogen-bond acceptors (Lipinski definition) is 3. The van der Waals surface area contributed by atoms with E-state index in [0.29, 0.717) is 0 Å². The van der Waals surface area contributed by atoms with Crippen molar-refractivity contribution in [3.05, 3.63) is 58.1 Å². The molecular weight excluding hydrogens is 342 g/mol. The van der Waals surface area contributed by atoms with Crippen molar-refractivity contribution in [2.45, 2.75) is 39.2 Å². The largest absolute Gasteiger partial charge is 0.306 e. The quantitative estimate of drug-likeness (QED) is 0.731. The Morgan fingerprint density at radius 2 is 2.08 bits per heavy atom. The van der Waals surface area contributed by atoms with Gasteiger partial charge in [-0.3, -0.25) is 4.79 Å². The number of anilines is 1. The molecule has 0 spiro atoms. The van der Waals surface area contributed by atoms with E-state index in [4.69, 9.17) is 0 Å². The van der Waals surface area contributed by atoms with Gasteiger partial charge in [0.2, 0.25) is 0 Å². The molecule has 0 aliphatic heterocycles. The Kier molecular flexibility index (Phi) is 3.71. The van der Waals surface area contributed by atoms with Gasteiger partial charge in [0.05, 0.1) is 11.1 Å². The van der Waals surface area contributed by atoms with Crippen LogP contribution in [0.4, 0.5) is 5.82 Å². The summed E-state index contributed by atoms with van der Waals surface area (Å²) in [6.45, 7) is 2.90. The first kappa shape index (κ1) is 15.8. The Morgan fingerprint density at radius 1 is 1.27 bits per heavy atom. The van der Waals surface area contributed by atoms with Gasteiger partial charge in [0.1, 0.15) is 5.82 Å². The predicted molar refractivity (Wildman–Crippen MR) is 105 cm³/mol. The third-order valence-corrected chi connectivity index (χ3v) is 6.55. The van der Waals surface area contributed by atoms with E-state index in [-0.39, 0.29) is 5.91 Å².